The topological polar surface area (TPSA) is 34.4 Å². The van der Waals surface area contributed by atoms with E-state index in [1.807, 2.05) is 24.3 Å². The molecule has 1 heterocycles. The van der Waals surface area contributed by atoms with Gasteiger partial charge in [-0.25, -0.2) is 0 Å². The Hall–Kier alpha value is -1.12. The highest BCUT2D eigenvalue weighted by Crippen LogP contribution is 2.22. The summed E-state index contributed by atoms with van der Waals surface area (Å²) in [6.07, 6.45) is 2.10. The highest BCUT2D eigenvalue weighted by molar-refractivity contribution is 14.1. The first-order valence-electron chi connectivity index (χ1n) is 7.94. The van der Waals surface area contributed by atoms with Crippen molar-refractivity contribution >= 4 is 61.8 Å². The summed E-state index contributed by atoms with van der Waals surface area (Å²) >= 11 is 5.57. The standard InChI is InChI=1S/C19H19IN2OS2/c1-12-10-16-17(11-13(12)2)25-19(22(16)8-9-24-3)21-18(23)14-6-4-5-7-15(14)20/h4-7,10-11H,8-9H2,1-3H3. The molecule has 0 radical (unpaired) electrons. The number of benzene rings is 2. The van der Waals surface area contributed by atoms with Crippen LogP contribution in [0.1, 0.15) is 21.5 Å². The lowest BCUT2D eigenvalue weighted by molar-refractivity contribution is 0.0997. The maximum absolute atomic E-state index is 12.7. The molecule has 0 fully saturated rings. The third-order valence-electron chi connectivity index (χ3n) is 4.12. The molecule has 0 aliphatic rings. The molecule has 130 valence electrons. The largest absolute Gasteiger partial charge is 0.315 e. The van der Waals surface area contributed by atoms with Crippen LogP contribution in [0.3, 0.4) is 0 Å². The van der Waals surface area contributed by atoms with Crippen molar-refractivity contribution in [2.75, 3.05) is 12.0 Å². The predicted molar refractivity (Wildman–Crippen MR) is 117 cm³/mol. The van der Waals surface area contributed by atoms with E-state index in [0.717, 1.165) is 26.2 Å². The van der Waals surface area contributed by atoms with Crippen LogP contribution < -0.4 is 4.80 Å². The molecule has 0 spiro atoms. The fourth-order valence-corrected chi connectivity index (χ4v) is 4.70. The first-order chi connectivity index (χ1) is 12.0. The van der Waals surface area contributed by atoms with E-state index >= 15 is 0 Å². The second-order valence-electron chi connectivity index (χ2n) is 5.83. The Morgan fingerprint density at radius 3 is 2.68 bits per heavy atom. The maximum atomic E-state index is 12.7. The zero-order valence-electron chi connectivity index (χ0n) is 14.4. The average Bonchev–Trinajstić information content (AvgIpc) is 2.90. The molecule has 0 atom stereocenters. The zero-order valence-corrected chi connectivity index (χ0v) is 18.2. The minimum atomic E-state index is -0.178. The number of halogens is 1. The second kappa shape index (κ2) is 8.05. The van der Waals surface area contributed by atoms with Crippen LogP contribution >= 0.6 is 45.7 Å². The summed E-state index contributed by atoms with van der Waals surface area (Å²) in [5.41, 5.74) is 4.35. The van der Waals surface area contributed by atoms with Crippen molar-refractivity contribution in [2.24, 2.45) is 4.99 Å². The summed E-state index contributed by atoms with van der Waals surface area (Å²) in [6, 6.07) is 12.0. The Morgan fingerprint density at radius 1 is 1.24 bits per heavy atom. The average molecular weight is 482 g/mol. The van der Waals surface area contributed by atoms with Crippen molar-refractivity contribution in [3.8, 4) is 0 Å². The molecule has 0 bridgehead atoms. The Morgan fingerprint density at radius 2 is 1.96 bits per heavy atom. The number of hydrogen-bond donors (Lipinski definition) is 0. The number of thioether (sulfide) groups is 1. The first-order valence-corrected chi connectivity index (χ1v) is 11.2. The van der Waals surface area contributed by atoms with Crippen molar-refractivity contribution in [3.63, 3.8) is 0 Å². The number of aromatic nitrogens is 1. The molecule has 1 amide bonds. The number of rotatable bonds is 4. The van der Waals surface area contributed by atoms with Crippen LogP contribution in [0.5, 0.6) is 0 Å². The van der Waals surface area contributed by atoms with Gasteiger partial charge in [0.15, 0.2) is 4.80 Å². The molecule has 0 aliphatic heterocycles. The third kappa shape index (κ3) is 4.01. The summed E-state index contributed by atoms with van der Waals surface area (Å²) in [4.78, 5) is 17.9. The lowest BCUT2D eigenvalue weighted by atomic mass is 10.1. The quantitative estimate of drug-likeness (QED) is 0.489. The molecule has 0 unspecified atom stereocenters. The molecule has 2 aromatic carbocycles. The fourth-order valence-electron chi connectivity index (χ4n) is 2.59. The number of hydrogen-bond acceptors (Lipinski definition) is 3. The number of thiazole rings is 1. The van der Waals surface area contributed by atoms with Gasteiger partial charge in [0.1, 0.15) is 0 Å². The molecule has 3 aromatic rings. The number of nitrogens with zero attached hydrogens (tertiary/aromatic N) is 2. The number of amides is 1. The summed E-state index contributed by atoms with van der Waals surface area (Å²) in [6.45, 7) is 5.09. The summed E-state index contributed by atoms with van der Waals surface area (Å²) < 4.78 is 4.28. The molecule has 25 heavy (non-hydrogen) atoms. The normalized spacial score (nSPS) is 12.1. The van der Waals surface area contributed by atoms with Crippen LogP contribution in [-0.4, -0.2) is 22.5 Å². The van der Waals surface area contributed by atoms with Gasteiger partial charge in [-0.15, -0.1) is 0 Å². The van der Waals surface area contributed by atoms with Gasteiger partial charge in [-0.2, -0.15) is 16.8 Å². The minimum Gasteiger partial charge on any atom is -0.315 e. The van der Waals surface area contributed by atoms with Gasteiger partial charge in [-0.1, -0.05) is 23.5 Å². The predicted octanol–water partition coefficient (Wildman–Crippen LogP) is 5.03. The molecule has 0 aliphatic carbocycles. The van der Waals surface area contributed by atoms with Gasteiger partial charge in [0.2, 0.25) is 0 Å². The third-order valence-corrected chi connectivity index (χ3v) is 6.69. The number of carbonyl (C=O) groups excluding carboxylic acids is 1. The van der Waals surface area contributed by atoms with Crippen molar-refractivity contribution < 1.29 is 4.79 Å². The molecule has 3 nitrogen and oxygen atoms in total. The van der Waals surface area contributed by atoms with Gasteiger partial charge in [0, 0.05) is 15.9 Å². The lowest BCUT2D eigenvalue weighted by Crippen LogP contribution is -2.18. The van der Waals surface area contributed by atoms with Gasteiger partial charge in [-0.3, -0.25) is 4.79 Å². The van der Waals surface area contributed by atoms with Gasteiger partial charge >= 0.3 is 0 Å². The molecule has 1 aromatic heterocycles. The Balaban J connectivity index is 2.17. The van der Waals surface area contributed by atoms with Gasteiger partial charge in [0.25, 0.3) is 5.91 Å². The first kappa shape index (κ1) is 18.7. The molecular weight excluding hydrogens is 463 g/mol. The van der Waals surface area contributed by atoms with Crippen LogP contribution in [0.2, 0.25) is 0 Å². The molecule has 0 saturated heterocycles. The molecule has 6 heteroatoms. The van der Waals surface area contributed by atoms with Crippen LogP contribution in [0.25, 0.3) is 10.2 Å². The van der Waals surface area contributed by atoms with E-state index in [1.165, 1.54) is 15.8 Å². The number of fused-ring (bicyclic) bond motifs is 1. The Kier molecular flexibility index (Phi) is 6.01. The minimum absolute atomic E-state index is 0.178. The number of carbonyl (C=O) groups is 1. The van der Waals surface area contributed by atoms with Crippen LogP contribution in [0.4, 0.5) is 0 Å². The molecule has 3 rings (SSSR count). The number of aryl methyl sites for hydroxylation is 3. The Bertz CT molecular complexity index is 1000. The summed E-state index contributed by atoms with van der Waals surface area (Å²) in [5, 5.41) is 0. The van der Waals surface area contributed by atoms with Crippen molar-refractivity contribution in [2.45, 2.75) is 20.4 Å². The Labute approximate surface area is 169 Å². The van der Waals surface area contributed by atoms with Crippen molar-refractivity contribution in [1.29, 1.82) is 0 Å². The van der Waals surface area contributed by atoms with Gasteiger partial charge in [-0.05, 0) is 78.1 Å². The monoisotopic (exact) mass is 482 g/mol. The van der Waals surface area contributed by atoms with Crippen LogP contribution in [-0.2, 0) is 6.54 Å². The van der Waals surface area contributed by atoms with Crippen molar-refractivity contribution in [3.05, 3.63) is 61.5 Å². The molecular formula is C19H19IN2OS2. The highest BCUT2D eigenvalue weighted by Gasteiger charge is 2.12. The smallest absolute Gasteiger partial charge is 0.280 e. The molecule has 0 saturated carbocycles. The zero-order chi connectivity index (χ0) is 18.0. The van der Waals surface area contributed by atoms with Crippen molar-refractivity contribution in [1.82, 2.24) is 4.57 Å². The molecule has 0 N–H and O–H groups in total. The fraction of sp³-hybridized carbons (Fsp3) is 0.263. The SMILES string of the molecule is CSCCn1c(=NC(=O)c2ccccc2I)sc2cc(C)c(C)cc21. The summed E-state index contributed by atoms with van der Waals surface area (Å²) in [5.74, 6) is 0.811. The van der Waals surface area contributed by atoms with Gasteiger partial charge in [0.05, 0.1) is 15.8 Å². The second-order valence-corrected chi connectivity index (χ2v) is 8.99. The van der Waals surface area contributed by atoms with E-state index in [1.54, 1.807) is 23.1 Å². The lowest BCUT2D eigenvalue weighted by Gasteiger charge is -2.06. The highest BCUT2D eigenvalue weighted by atomic mass is 127. The maximum Gasteiger partial charge on any atom is 0.280 e. The van der Waals surface area contributed by atoms with Crippen LogP contribution in [0, 0.1) is 17.4 Å². The van der Waals surface area contributed by atoms with E-state index in [9.17, 15) is 4.79 Å². The van der Waals surface area contributed by atoms with Gasteiger partial charge < -0.3 is 4.57 Å². The van der Waals surface area contributed by atoms with E-state index < -0.39 is 0 Å². The van der Waals surface area contributed by atoms with E-state index in [4.69, 9.17) is 0 Å². The van der Waals surface area contributed by atoms with E-state index in [0.29, 0.717) is 5.56 Å². The van der Waals surface area contributed by atoms with E-state index in [2.05, 4.69) is 64.4 Å². The summed E-state index contributed by atoms with van der Waals surface area (Å²) in [7, 11) is 0. The van der Waals surface area contributed by atoms with Crippen LogP contribution in [0.15, 0.2) is 41.4 Å². The van der Waals surface area contributed by atoms with E-state index in [-0.39, 0.29) is 5.91 Å².